The number of allylic oxidation sites excluding steroid dienone is 2. The van der Waals surface area contributed by atoms with Gasteiger partial charge in [0.15, 0.2) is 0 Å². The molecule has 5 rings (SSSR count). The van der Waals surface area contributed by atoms with E-state index in [1.54, 1.807) is 42.2 Å². The van der Waals surface area contributed by atoms with Crippen LogP contribution in [-0.4, -0.2) is 31.6 Å². The van der Waals surface area contributed by atoms with Gasteiger partial charge >= 0.3 is 5.97 Å². The summed E-state index contributed by atoms with van der Waals surface area (Å²) in [5.74, 6) is -0.672. The zero-order valence-electron chi connectivity index (χ0n) is 25.3. The third-order valence-electron chi connectivity index (χ3n) is 7.34. The van der Waals surface area contributed by atoms with E-state index >= 15 is 0 Å². The summed E-state index contributed by atoms with van der Waals surface area (Å²) in [6.45, 7) is 5.38. The molecule has 0 unspecified atom stereocenters. The summed E-state index contributed by atoms with van der Waals surface area (Å²) in [7, 11) is -2.81. The Bertz CT molecular complexity index is 2000. The predicted molar refractivity (Wildman–Crippen MR) is 179 cm³/mol. The van der Waals surface area contributed by atoms with Crippen molar-refractivity contribution in [3.63, 3.8) is 0 Å². The van der Waals surface area contributed by atoms with Crippen molar-refractivity contribution in [2.75, 3.05) is 12.0 Å². The third-order valence-corrected chi connectivity index (χ3v) is 10.1. The fraction of sp³-hybridized carbons (Fsp3) is 0.176. The maximum atomic E-state index is 13.8. The topological polar surface area (TPSA) is 97.1 Å². The molecule has 4 aromatic rings. The predicted octanol–water partition coefficient (Wildman–Crippen LogP) is 8.12. The van der Waals surface area contributed by atoms with Crippen molar-refractivity contribution >= 4 is 68.3 Å². The highest BCUT2D eigenvalue weighted by Gasteiger charge is 2.38. The number of carbonyl (C=O) groups excluding carboxylic acids is 2. The van der Waals surface area contributed by atoms with Gasteiger partial charge in [0.05, 0.1) is 34.3 Å². The van der Waals surface area contributed by atoms with E-state index in [-0.39, 0.29) is 35.0 Å². The molecule has 12 heteroatoms. The number of hydrogen-bond acceptors (Lipinski definition) is 7. The molecule has 1 aliphatic rings. The first-order valence-corrected chi connectivity index (χ1v) is 16.6. The number of sulfonamides is 1. The molecule has 3 aromatic carbocycles. The van der Waals surface area contributed by atoms with E-state index < -0.39 is 21.8 Å². The highest BCUT2D eigenvalue weighted by atomic mass is 35.5. The fourth-order valence-electron chi connectivity index (χ4n) is 5.26. The molecule has 0 spiro atoms. The van der Waals surface area contributed by atoms with Gasteiger partial charge in [-0.1, -0.05) is 46.9 Å². The number of aryl methyl sites for hydroxylation is 2. The number of nitrogens with zero attached hydrogens (tertiary/aromatic N) is 2. The van der Waals surface area contributed by atoms with Crippen molar-refractivity contribution in [1.82, 2.24) is 4.31 Å². The molecule has 0 aliphatic carbocycles. The Balaban J connectivity index is 1.52. The van der Waals surface area contributed by atoms with E-state index in [2.05, 4.69) is 0 Å². The number of furan rings is 1. The molecule has 0 N–H and O–H groups in total. The number of Topliss-reactive ketones (excluding diaryl/α,β-unsaturated/α-hetero) is 1. The molecule has 0 amide bonds. The largest absolute Gasteiger partial charge is 0.465 e. The van der Waals surface area contributed by atoms with Crippen molar-refractivity contribution < 1.29 is 27.2 Å². The number of hydrogen-bond donors (Lipinski definition) is 0. The number of carbonyl (C=O) groups is 2. The quantitative estimate of drug-likeness (QED) is 0.0989. The second-order valence-corrected chi connectivity index (χ2v) is 14.0. The Morgan fingerprint density at radius 1 is 0.891 bits per heavy atom. The van der Waals surface area contributed by atoms with E-state index in [0.29, 0.717) is 37.8 Å². The van der Waals surface area contributed by atoms with E-state index in [1.807, 2.05) is 32.0 Å². The van der Waals surface area contributed by atoms with Crippen molar-refractivity contribution in [2.24, 2.45) is 0 Å². The van der Waals surface area contributed by atoms with Gasteiger partial charge in [-0.25, -0.2) is 13.2 Å². The van der Waals surface area contributed by atoms with Crippen LogP contribution in [0.5, 0.6) is 0 Å². The summed E-state index contributed by atoms with van der Waals surface area (Å²) < 4.78 is 39.9. The molecule has 0 bridgehead atoms. The van der Waals surface area contributed by atoms with Crippen LogP contribution in [0.25, 0.3) is 6.08 Å². The Morgan fingerprint density at radius 2 is 1.57 bits per heavy atom. The molecule has 2 heterocycles. The van der Waals surface area contributed by atoms with Crippen LogP contribution < -0.4 is 4.90 Å². The number of rotatable bonds is 9. The average Bonchev–Trinajstić information content (AvgIpc) is 3.54. The zero-order valence-corrected chi connectivity index (χ0v) is 28.4. The Kier molecular flexibility index (Phi) is 9.81. The summed E-state index contributed by atoms with van der Waals surface area (Å²) in [6, 6.07) is 19.9. The number of anilines is 1. The molecule has 0 saturated carbocycles. The van der Waals surface area contributed by atoms with Gasteiger partial charge in [-0.2, -0.15) is 4.31 Å². The standard InChI is InChI=1S/C34H29Cl3N2O6S/c1-20-13-21(2)15-25(14-20)39-22(3)32(34(41)44-4)33(40)31(39)17-26-8-9-27(45-26)19-38(18-23-5-12-29(36)30(37)16-23)46(42,43)28-10-6-24(35)7-11-28/h5-17H,18-19H2,1-4H3/b31-17+. The van der Waals surface area contributed by atoms with Crippen LogP contribution in [0.1, 0.15) is 35.1 Å². The number of benzene rings is 3. The maximum absolute atomic E-state index is 13.8. The molecule has 238 valence electrons. The Labute approximate surface area is 282 Å². The Hall–Kier alpha value is -3.86. The van der Waals surface area contributed by atoms with E-state index in [4.69, 9.17) is 44.0 Å². The number of ether oxygens (including phenoxy) is 1. The molecule has 1 aromatic heterocycles. The second-order valence-electron chi connectivity index (χ2n) is 10.8. The van der Waals surface area contributed by atoms with Crippen molar-refractivity contribution in [3.8, 4) is 0 Å². The average molecular weight is 700 g/mol. The SMILES string of the molecule is COC(=O)C1=C(C)N(c2cc(C)cc(C)c2)/C(=C/c2ccc(CN(Cc3ccc(Cl)c(Cl)c3)S(=O)(=O)c3ccc(Cl)cc3)o2)C1=O. The van der Waals surface area contributed by atoms with Crippen LogP contribution in [-0.2, 0) is 37.4 Å². The van der Waals surface area contributed by atoms with Crippen LogP contribution in [0.3, 0.4) is 0 Å². The van der Waals surface area contributed by atoms with Crippen LogP contribution in [0.4, 0.5) is 5.69 Å². The van der Waals surface area contributed by atoms with Gasteiger partial charge in [0.2, 0.25) is 15.8 Å². The lowest BCUT2D eigenvalue weighted by Gasteiger charge is -2.22. The first-order chi connectivity index (χ1) is 21.8. The van der Waals surface area contributed by atoms with Crippen LogP contribution >= 0.6 is 34.8 Å². The van der Waals surface area contributed by atoms with Crippen molar-refractivity contribution in [1.29, 1.82) is 0 Å². The summed E-state index contributed by atoms with van der Waals surface area (Å²) in [6.07, 6.45) is 1.53. The summed E-state index contributed by atoms with van der Waals surface area (Å²) >= 11 is 18.3. The van der Waals surface area contributed by atoms with Crippen LogP contribution in [0.2, 0.25) is 15.1 Å². The first kappa shape index (κ1) is 33.5. The maximum Gasteiger partial charge on any atom is 0.343 e. The highest BCUT2D eigenvalue weighted by Crippen LogP contribution is 2.37. The summed E-state index contributed by atoms with van der Waals surface area (Å²) in [4.78, 5) is 28.0. The highest BCUT2D eigenvalue weighted by molar-refractivity contribution is 7.89. The molecule has 1 aliphatic heterocycles. The molecule has 46 heavy (non-hydrogen) atoms. The third kappa shape index (κ3) is 6.94. The van der Waals surface area contributed by atoms with Crippen molar-refractivity contribution in [3.05, 3.63) is 133 Å². The molecule has 0 saturated heterocycles. The Morgan fingerprint density at radius 3 is 2.20 bits per heavy atom. The van der Waals surface area contributed by atoms with Gasteiger partial charge < -0.3 is 14.1 Å². The number of esters is 1. The minimum atomic E-state index is -4.04. The fourth-order valence-corrected chi connectivity index (χ4v) is 7.10. The van der Waals surface area contributed by atoms with Crippen LogP contribution in [0, 0.1) is 13.8 Å². The smallest absolute Gasteiger partial charge is 0.343 e. The zero-order chi connectivity index (χ0) is 33.3. The monoisotopic (exact) mass is 698 g/mol. The summed E-state index contributed by atoms with van der Waals surface area (Å²) in [5.41, 5.74) is 3.78. The number of methoxy groups -OCH3 is 1. The lowest BCUT2D eigenvalue weighted by Crippen LogP contribution is -2.30. The summed E-state index contributed by atoms with van der Waals surface area (Å²) in [5, 5.41) is 1.03. The van der Waals surface area contributed by atoms with Gasteiger partial charge in [-0.15, -0.1) is 0 Å². The van der Waals surface area contributed by atoms with Gasteiger partial charge in [0.25, 0.3) is 0 Å². The van der Waals surface area contributed by atoms with Gasteiger partial charge in [0.1, 0.15) is 17.1 Å². The van der Waals surface area contributed by atoms with E-state index in [1.165, 1.54) is 41.8 Å². The minimum Gasteiger partial charge on any atom is -0.465 e. The lowest BCUT2D eigenvalue weighted by molar-refractivity contribution is -0.137. The normalized spacial score (nSPS) is 14.6. The molecule has 0 atom stereocenters. The molecule has 0 fully saturated rings. The molecule has 8 nitrogen and oxygen atoms in total. The first-order valence-electron chi connectivity index (χ1n) is 14.0. The minimum absolute atomic E-state index is 0.0381. The number of halogens is 3. The molecule has 0 radical (unpaired) electrons. The van der Waals surface area contributed by atoms with Gasteiger partial charge in [-0.3, -0.25) is 4.79 Å². The molecular formula is C34H29Cl3N2O6S. The van der Waals surface area contributed by atoms with Gasteiger partial charge in [0, 0.05) is 29.0 Å². The van der Waals surface area contributed by atoms with Crippen LogP contribution in [0.15, 0.2) is 99.1 Å². The van der Waals surface area contributed by atoms with E-state index in [9.17, 15) is 18.0 Å². The lowest BCUT2D eigenvalue weighted by atomic mass is 10.1. The number of ketones is 1. The second kappa shape index (κ2) is 13.5. The van der Waals surface area contributed by atoms with Gasteiger partial charge in [-0.05, 0) is 98.1 Å². The molecular weight excluding hydrogens is 671 g/mol. The van der Waals surface area contributed by atoms with E-state index in [0.717, 1.165) is 11.1 Å². The van der Waals surface area contributed by atoms with Crippen molar-refractivity contribution in [2.45, 2.75) is 38.8 Å².